The zero-order chi connectivity index (χ0) is 19.1. The summed E-state index contributed by atoms with van der Waals surface area (Å²) in [5.74, 6) is 1.35. The number of aryl methyl sites for hydroxylation is 1. The Morgan fingerprint density at radius 2 is 1.96 bits per heavy atom. The van der Waals surface area contributed by atoms with Crippen LogP contribution in [0.2, 0.25) is 0 Å². The average Bonchev–Trinajstić information content (AvgIpc) is 3.34. The first-order valence-electron chi connectivity index (χ1n) is 9.26. The standard InChI is InChI=1S/C20H24N4O3/c1-3-11-24(13-18(25)21-16-9-7-15(4-2)8-10-16)14-19-22-23-20(27-19)17-6-5-12-26-17/h5-10,12H,3-4,11,13-14H2,1-2H3,(H,21,25)/p+1. The maximum atomic E-state index is 12.4. The molecular formula is C20H25N4O3+. The van der Waals surface area contributed by atoms with Gasteiger partial charge in [0.15, 0.2) is 18.8 Å². The molecule has 142 valence electrons. The highest BCUT2D eigenvalue weighted by Crippen LogP contribution is 2.17. The number of carbonyl (C=O) groups is 1. The van der Waals surface area contributed by atoms with E-state index in [1.807, 2.05) is 24.3 Å². The number of rotatable bonds is 9. The van der Waals surface area contributed by atoms with Crippen LogP contribution >= 0.6 is 0 Å². The lowest BCUT2D eigenvalue weighted by Gasteiger charge is -2.16. The molecule has 1 aromatic carbocycles. The van der Waals surface area contributed by atoms with E-state index in [4.69, 9.17) is 8.83 Å². The monoisotopic (exact) mass is 369 g/mol. The van der Waals surface area contributed by atoms with Crippen molar-refractivity contribution in [2.24, 2.45) is 0 Å². The van der Waals surface area contributed by atoms with Gasteiger partial charge in [-0.15, -0.1) is 10.2 Å². The maximum Gasteiger partial charge on any atom is 0.283 e. The quantitative estimate of drug-likeness (QED) is 0.605. The van der Waals surface area contributed by atoms with Crippen molar-refractivity contribution in [2.75, 3.05) is 18.4 Å². The fourth-order valence-electron chi connectivity index (χ4n) is 2.89. The van der Waals surface area contributed by atoms with Gasteiger partial charge in [0.2, 0.25) is 0 Å². The van der Waals surface area contributed by atoms with Crippen LogP contribution in [0.15, 0.2) is 51.5 Å². The average molecular weight is 369 g/mol. The van der Waals surface area contributed by atoms with Gasteiger partial charge >= 0.3 is 0 Å². The Morgan fingerprint density at radius 3 is 2.63 bits per heavy atom. The summed E-state index contributed by atoms with van der Waals surface area (Å²) in [6, 6.07) is 11.5. The molecule has 0 aliphatic rings. The summed E-state index contributed by atoms with van der Waals surface area (Å²) in [6.45, 7) is 5.85. The molecule has 7 nitrogen and oxygen atoms in total. The molecule has 1 atom stereocenters. The van der Waals surface area contributed by atoms with Crippen molar-refractivity contribution in [1.29, 1.82) is 0 Å². The minimum Gasteiger partial charge on any atom is -0.459 e. The number of carbonyl (C=O) groups excluding carboxylic acids is 1. The van der Waals surface area contributed by atoms with Crippen LogP contribution in [0.25, 0.3) is 11.7 Å². The first-order valence-corrected chi connectivity index (χ1v) is 9.26. The molecule has 2 aromatic heterocycles. The lowest BCUT2D eigenvalue weighted by Crippen LogP contribution is -3.11. The second kappa shape index (κ2) is 9.14. The molecule has 0 fully saturated rings. The zero-order valence-corrected chi connectivity index (χ0v) is 15.7. The van der Waals surface area contributed by atoms with Crippen molar-refractivity contribution in [1.82, 2.24) is 10.2 Å². The summed E-state index contributed by atoms with van der Waals surface area (Å²) in [5.41, 5.74) is 2.06. The molecule has 0 radical (unpaired) electrons. The molecule has 0 aliphatic carbocycles. The van der Waals surface area contributed by atoms with E-state index in [0.717, 1.165) is 30.0 Å². The summed E-state index contributed by atoms with van der Waals surface area (Å²) in [4.78, 5) is 13.5. The summed E-state index contributed by atoms with van der Waals surface area (Å²) in [6.07, 6.45) is 3.49. The fourth-order valence-corrected chi connectivity index (χ4v) is 2.89. The van der Waals surface area contributed by atoms with Crippen molar-refractivity contribution in [3.05, 3.63) is 54.1 Å². The third-order valence-electron chi connectivity index (χ3n) is 4.26. The second-order valence-corrected chi connectivity index (χ2v) is 6.43. The lowest BCUT2D eigenvalue weighted by atomic mass is 10.1. The van der Waals surface area contributed by atoms with E-state index in [9.17, 15) is 4.79 Å². The van der Waals surface area contributed by atoms with Crippen LogP contribution < -0.4 is 10.2 Å². The van der Waals surface area contributed by atoms with Crippen LogP contribution in [0.5, 0.6) is 0 Å². The van der Waals surface area contributed by atoms with Gasteiger partial charge in [-0.05, 0) is 42.7 Å². The third-order valence-corrected chi connectivity index (χ3v) is 4.26. The van der Waals surface area contributed by atoms with Crippen LogP contribution in [0.1, 0.15) is 31.7 Å². The van der Waals surface area contributed by atoms with E-state index in [0.29, 0.717) is 30.6 Å². The molecule has 7 heteroatoms. The summed E-state index contributed by atoms with van der Waals surface area (Å²) in [5, 5.41) is 11.0. The number of nitrogens with zero attached hydrogens (tertiary/aromatic N) is 2. The molecule has 0 bridgehead atoms. The number of benzene rings is 1. The normalized spacial score (nSPS) is 12.1. The van der Waals surface area contributed by atoms with Crippen LogP contribution in [0, 0.1) is 0 Å². The number of anilines is 1. The van der Waals surface area contributed by atoms with Gasteiger partial charge in [0.1, 0.15) is 0 Å². The molecule has 1 amide bonds. The minimum absolute atomic E-state index is 0.0338. The highest BCUT2D eigenvalue weighted by Gasteiger charge is 2.19. The first-order chi connectivity index (χ1) is 13.2. The van der Waals surface area contributed by atoms with Gasteiger partial charge in [0.25, 0.3) is 17.7 Å². The highest BCUT2D eigenvalue weighted by molar-refractivity contribution is 5.91. The topological polar surface area (TPSA) is 85.6 Å². The van der Waals surface area contributed by atoms with Gasteiger partial charge in [-0.1, -0.05) is 26.0 Å². The molecule has 2 heterocycles. The van der Waals surface area contributed by atoms with Gasteiger partial charge in [-0.3, -0.25) is 4.79 Å². The van der Waals surface area contributed by atoms with Crippen molar-refractivity contribution in [2.45, 2.75) is 33.2 Å². The molecule has 0 saturated carbocycles. The lowest BCUT2D eigenvalue weighted by molar-refractivity contribution is -0.907. The number of quaternary nitrogens is 1. The van der Waals surface area contributed by atoms with Gasteiger partial charge in [-0.2, -0.15) is 0 Å². The van der Waals surface area contributed by atoms with Crippen molar-refractivity contribution in [3.8, 4) is 11.7 Å². The van der Waals surface area contributed by atoms with Crippen LogP contribution in [-0.2, 0) is 17.8 Å². The van der Waals surface area contributed by atoms with E-state index in [1.165, 1.54) is 5.56 Å². The van der Waals surface area contributed by atoms with E-state index < -0.39 is 0 Å². The Kier molecular flexibility index (Phi) is 6.38. The van der Waals surface area contributed by atoms with Crippen molar-refractivity contribution < 1.29 is 18.5 Å². The van der Waals surface area contributed by atoms with Crippen LogP contribution in [0.4, 0.5) is 5.69 Å². The Labute approximate surface area is 158 Å². The largest absolute Gasteiger partial charge is 0.459 e. The highest BCUT2D eigenvalue weighted by atomic mass is 16.4. The maximum absolute atomic E-state index is 12.4. The number of aromatic nitrogens is 2. The predicted molar refractivity (Wildman–Crippen MR) is 101 cm³/mol. The fraction of sp³-hybridized carbons (Fsp3) is 0.350. The first kappa shape index (κ1) is 18.8. The van der Waals surface area contributed by atoms with Crippen molar-refractivity contribution >= 4 is 11.6 Å². The molecule has 27 heavy (non-hydrogen) atoms. The smallest absolute Gasteiger partial charge is 0.283 e. The summed E-state index contributed by atoms with van der Waals surface area (Å²) < 4.78 is 10.9. The van der Waals surface area contributed by atoms with Crippen LogP contribution in [0.3, 0.4) is 0 Å². The summed E-state index contributed by atoms with van der Waals surface area (Å²) in [7, 11) is 0. The third kappa shape index (κ3) is 5.27. The molecule has 2 N–H and O–H groups in total. The molecule has 3 rings (SSSR count). The molecule has 0 spiro atoms. The van der Waals surface area contributed by atoms with E-state index in [1.54, 1.807) is 18.4 Å². The van der Waals surface area contributed by atoms with Gasteiger partial charge in [0, 0.05) is 5.69 Å². The number of hydrogen-bond acceptors (Lipinski definition) is 5. The Bertz CT molecular complexity index is 841. The van der Waals surface area contributed by atoms with Crippen LogP contribution in [-0.4, -0.2) is 29.2 Å². The van der Waals surface area contributed by atoms with E-state index in [-0.39, 0.29) is 5.91 Å². The van der Waals surface area contributed by atoms with Gasteiger partial charge < -0.3 is 19.1 Å². The molecule has 3 aromatic rings. The van der Waals surface area contributed by atoms with E-state index >= 15 is 0 Å². The number of amides is 1. The predicted octanol–water partition coefficient (Wildman–Crippen LogP) is 2.33. The van der Waals surface area contributed by atoms with Crippen molar-refractivity contribution in [3.63, 3.8) is 0 Å². The second-order valence-electron chi connectivity index (χ2n) is 6.43. The number of hydrogen-bond donors (Lipinski definition) is 2. The van der Waals surface area contributed by atoms with Gasteiger partial charge in [-0.25, -0.2) is 0 Å². The number of furan rings is 1. The van der Waals surface area contributed by atoms with Gasteiger partial charge in [0.05, 0.1) is 12.8 Å². The zero-order valence-electron chi connectivity index (χ0n) is 15.7. The molecule has 0 saturated heterocycles. The van der Waals surface area contributed by atoms with E-state index in [2.05, 4.69) is 29.4 Å². The number of nitrogens with one attached hydrogen (secondary N) is 2. The Hall–Kier alpha value is -2.93. The minimum atomic E-state index is -0.0338. The molecule has 1 unspecified atom stereocenters. The molecule has 0 aliphatic heterocycles. The molecular weight excluding hydrogens is 344 g/mol. The SMILES string of the molecule is CCC[NH+](CC(=O)Nc1ccc(CC)cc1)Cc1nnc(-c2ccco2)o1. The Balaban J connectivity index is 1.58. The Morgan fingerprint density at radius 1 is 1.15 bits per heavy atom. The summed E-state index contributed by atoms with van der Waals surface area (Å²) >= 11 is 0.